The van der Waals surface area contributed by atoms with Gasteiger partial charge in [0, 0.05) is 0 Å². The standard InChI is InChI=1S/C16H11BN2O2/c1-17-15-5-4-14(7-13(15)10-20-17)21-16-6-11(8-18)2-3-12(16)9-19/h2-7H,10H2,1H3. The van der Waals surface area contributed by atoms with Gasteiger partial charge in [-0.15, -0.1) is 0 Å². The molecule has 0 fully saturated rings. The van der Waals surface area contributed by atoms with Crippen LogP contribution in [0.15, 0.2) is 36.4 Å². The smallest absolute Gasteiger partial charge is 0.324 e. The Morgan fingerprint density at radius 2 is 2.00 bits per heavy atom. The zero-order chi connectivity index (χ0) is 14.8. The predicted octanol–water partition coefficient (Wildman–Crippen LogP) is 2.58. The second-order valence-electron chi connectivity index (χ2n) is 4.85. The van der Waals surface area contributed by atoms with Gasteiger partial charge in [0.05, 0.1) is 23.8 Å². The van der Waals surface area contributed by atoms with E-state index >= 15 is 0 Å². The SMILES string of the molecule is CB1OCc2cc(Oc3cc(C#N)ccc3C#N)ccc21. The van der Waals surface area contributed by atoms with Crippen LogP contribution in [-0.2, 0) is 11.3 Å². The lowest BCUT2D eigenvalue weighted by Crippen LogP contribution is -2.23. The van der Waals surface area contributed by atoms with Crippen molar-refractivity contribution < 1.29 is 9.39 Å². The van der Waals surface area contributed by atoms with Crippen LogP contribution in [0.4, 0.5) is 0 Å². The first-order chi connectivity index (χ1) is 10.2. The normalized spacial score (nSPS) is 12.4. The van der Waals surface area contributed by atoms with Crippen molar-refractivity contribution in [3.63, 3.8) is 0 Å². The average molecular weight is 274 g/mol. The van der Waals surface area contributed by atoms with E-state index in [0.717, 1.165) is 11.0 Å². The molecule has 1 aliphatic heterocycles. The second-order valence-corrected chi connectivity index (χ2v) is 4.85. The van der Waals surface area contributed by atoms with Crippen LogP contribution >= 0.6 is 0 Å². The zero-order valence-corrected chi connectivity index (χ0v) is 11.5. The number of nitrogens with zero attached hydrogens (tertiary/aromatic N) is 2. The third-order valence-corrected chi connectivity index (χ3v) is 3.50. The highest BCUT2D eigenvalue weighted by Gasteiger charge is 2.23. The number of hydrogen-bond donors (Lipinski definition) is 0. The Bertz CT molecular complexity index is 790. The molecule has 0 aliphatic carbocycles. The number of ether oxygens (including phenoxy) is 1. The van der Waals surface area contributed by atoms with Crippen LogP contribution in [0.2, 0.25) is 6.82 Å². The maximum absolute atomic E-state index is 9.12. The van der Waals surface area contributed by atoms with Crippen molar-refractivity contribution in [2.24, 2.45) is 0 Å². The molecule has 2 aromatic rings. The Balaban J connectivity index is 1.94. The summed E-state index contributed by atoms with van der Waals surface area (Å²) in [5, 5.41) is 18.1. The summed E-state index contributed by atoms with van der Waals surface area (Å²) in [5.74, 6) is 1.03. The van der Waals surface area contributed by atoms with Crippen LogP contribution in [-0.4, -0.2) is 6.92 Å². The highest BCUT2D eigenvalue weighted by Crippen LogP contribution is 2.27. The van der Waals surface area contributed by atoms with Crippen molar-refractivity contribution in [2.45, 2.75) is 13.4 Å². The third-order valence-electron chi connectivity index (χ3n) is 3.50. The summed E-state index contributed by atoms with van der Waals surface area (Å²) in [6, 6.07) is 14.6. The summed E-state index contributed by atoms with van der Waals surface area (Å²) < 4.78 is 11.3. The molecule has 0 spiro atoms. The number of benzene rings is 2. The molecule has 0 N–H and O–H groups in total. The number of hydrogen-bond acceptors (Lipinski definition) is 4. The Morgan fingerprint density at radius 3 is 2.76 bits per heavy atom. The molecule has 21 heavy (non-hydrogen) atoms. The molecule has 3 rings (SSSR count). The average Bonchev–Trinajstić information content (AvgIpc) is 2.88. The summed E-state index contributed by atoms with van der Waals surface area (Å²) in [5.41, 5.74) is 3.12. The van der Waals surface area contributed by atoms with Crippen LogP contribution in [0, 0.1) is 22.7 Å². The first-order valence-electron chi connectivity index (χ1n) is 6.58. The molecule has 0 atom stereocenters. The van der Waals surface area contributed by atoms with Gasteiger partial charge in [0.25, 0.3) is 0 Å². The molecule has 0 saturated heterocycles. The third kappa shape index (κ3) is 2.47. The van der Waals surface area contributed by atoms with Crippen LogP contribution < -0.4 is 10.2 Å². The number of fused-ring (bicyclic) bond motifs is 1. The van der Waals surface area contributed by atoms with E-state index in [9.17, 15) is 0 Å². The Kier molecular flexibility index (Phi) is 3.35. The topological polar surface area (TPSA) is 66.0 Å². The minimum atomic E-state index is 0.102. The van der Waals surface area contributed by atoms with Crippen LogP contribution in [0.5, 0.6) is 11.5 Å². The molecule has 100 valence electrons. The van der Waals surface area contributed by atoms with Gasteiger partial charge in [0.1, 0.15) is 17.6 Å². The lowest BCUT2D eigenvalue weighted by Gasteiger charge is -2.09. The fourth-order valence-electron chi connectivity index (χ4n) is 2.37. The van der Waals surface area contributed by atoms with Crippen molar-refractivity contribution in [2.75, 3.05) is 0 Å². The molecule has 5 heteroatoms. The van der Waals surface area contributed by atoms with E-state index in [2.05, 4.69) is 6.07 Å². The lowest BCUT2D eigenvalue weighted by molar-refractivity contribution is 0.333. The monoisotopic (exact) mass is 274 g/mol. The zero-order valence-electron chi connectivity index (χ0n) is 11.5. The fourth-order valence-corrected chi connectivity index (χ4v) is 2.37. The quantitative estimate of drug-likeness (QED) is 0.789. The summed E-state index contributed by atoms with van der Waals surface area (Å²) in [6.45, 7) is 2.68. The highest BCUT2D eigenvalue weighted by atomic mass is 16.5. The first kappa shape index (κ1) is 13.2. The summed E-state index contributed by atoms with van der Waals surface area (Å²) in [4.78, 5) is 0. The molecule has 0 unspecified atom stereocenters. The minimum Gasteiger partial charge on any atom is -0.456 e. The van der Waals surface area contributed by atoms with Gasteiger partial charge in [-0.2, -0.15) is 10.5 Å². The summed E-state index contributed by atoms with van der Waals surface area (Å²) in [6.07, 6.45) is 0. The van der Waals surface area contributed by atoms with Crippen LogP contribution in [0.1, 0.15) is 16.7 Å². The van der Waals surface area contributed by atoms with Crippen molar-refractivity contribution in [1.29, 1.82) is 10.5 Å². The van der Waals surface area contributed by atoms with E-state index in [1.807, 2.05) is 31.1 Å². The lowest BCUT2D eigenvalue weighted by atomic mass is 9.64. The molecule has 4 nitrogen and oxygen atoms in total. The van der Waals surface area contributed by atoms with Crippen molar-refractivity contribution in [3.8, 4) is 23.6 Å². The second kappa shape index (κ2) is 5.32. The van der Waals surface area contributed by atoms with Crippen LogP contribution in [0.25, 0.3) is 0 Å². The Labute approximate surface area is 123 Å². The van der Waals surface area contributed by atoms with Gasteiger partial charge >= 0.3 is 6.92 Å². The van der Waals surface area contributed by atoms with E-state index in [4.69, 9.17) is 19.9 Å². The molecule has 0 aromatic heterocycles. The molecular formula is C16H11BN2O2. The molecular weight excluding hydrogens is 263 g/mol. The Morgan fingerprint density at radius 1 is 1.14 bits per heavy atom. The maximum Gasteiger partial charge on any atom is 0.324 e. The molecule has 0 bridgehead atoms. The van der Waals surface area contributed by atoms with Gasteiger partial charge in [-0.3, -0.25) is 0 Å². The number of nitriles is 2. The molecule has 2 aromatic carbocycles. The largest absolute Gasteiger partial charge is 0.456 e. The van der Waals surface area contributed by atoms with Gasteiger partial charge in [-0.1, -0.05) is 12.9 Å². The van der Waals surface area contributed by atoms with Gasteiger partial charge in [-0.05, 0) is 41.4 Å². The van der Waals surface area contributed by atoms with Crippen molar-refractivity contribution in [1.82, 2.24) is 0 Å². The highest BCUT2D eigenvalue weighted by molar-refractivity contribution is 6.67. The molecule has 0 radical (unpaired) electrons. The molecule has 1 heterocycles. The summed E-state index contributed by atoms with van der Waals surface area (Å²) >= 11 is 0. The first-order valence-corrected chi connectivity index (χ1v) is 6.58. The molecule has 1 aliphatic rings. The van der Waals surface area contributed by atoms with E-state index in [0.29, 0.717) is 29.2 Å². The van der Waals surface area contributed by atoms with Crippen molar-refractivity contribution in [3.05, 3.63) is 53.1 Å². The van der Waals surface area contributed by atoms with E-state index < -0.39 is 0 Å². The molecule has 0 amide bonds. The van der Waals surface area contributed by atoms with Gasteiger partial charge in [0.2, 0.25) is 0 Å². The Hall–Kier alpha value is -2.76. The van der Waals surface area contributed by atoms with Gasteiger partial charge < -0.3 is 9.39 Å². The fraction of sp³-hybridized carbons (Fsp3) is 0.125. The predicted molar refractivity (Wildman–Crippen MR) is 78.4 cm³/mol. The number of rotatable bonds is 2. The van der Waals surface area contributed by atoms with E-state index in [-0.39, 0.29) is 6.92 Å². The van der Waals surface area contributed by atoms with Gasteiger partial charge in [-0.25, -0.2) is 0 Å². The maximum atomic E-state index is 9.12. The van der Waals surface area contributed by atoms with Crippen molar-refractivity contribution >= 4 is 12.4 Å². The van der Waals surface area contributed by atoms with E-state index in [1.54, 1.807) is 18.2 Å². The summed E-state index contributed by atoms with van der Waals surface area (Å²) in [7, 11) is 0. The molecule has 0 saturated carbocycles. The van der Waals surface area contributed by atoms with Gasteiger partial charge in [0.15, 0.2) is 0 Å². The van der Waals surface area contributed by atoms with E-state index in [1.165, 1.54) is 0 Å². The van der Waals surface area contributed by atoms with Crippen LogP contribution in [0.3, 0.4) is 0 Å². The minimum absolute atomic E-state index is 0.102.